The third-order valence-electron chi connectivity index (χ3n) is 4.45. The highest BCUT2D eigenvalue weighted by Gasteiger charge is 2.19. The molecule has 1 saturated heterocycles. The molecule has 6 nitrogen and oxygen atoms in total. The zero-order valence-corrected chi connectivity index (χ0v) is 14.8. The number of aromatic nitrogens is 3. The second-order valence-electron chi connectivity index (χ2n) is 6.09. The maximum atomic E-state index is 14.6. The van der Waals surface area contributed by atoms with E-state index in [1.165, 1.54) is 16.9 Å². The molecular formula is C18H16ClFN4O2. The lowest BCUT2D eigenvalue weighted by Crippen LogP contribution is -2.37. The van der Waals surface area contributed by atoms with Crippen LogP contribution in [0.15, 0.2) is 35.3 Å². The van der Waals surface area contributed by atoms with Crippen LogP contribution in [0.4, 0.5) is 10.2 Å². The molecule has 26 heavy (non-hydrogen) atoms. The molecule has 0 aliphatic carbocycles. The number of ether oxygens (including phenoxy) is 1. The lowest BCUT2D eigenvalue weighted by atomic mass is 10.1. The van der Waals surface area contributed by atoms with Crippen molar-refractivity contribution in [1.82, 2.24) is 14.8 Å². The van der Waals surface area contributed by atoms with Gasteiger partial charge >= 0.3 is 0 Å². The van der Waals surface area contributed by atoms with Gasteiger partial charge in [0.25, 0.3) is 5.56 Å². The molecule has 4 rings (SSSR count). The molecule has 0 spiro atoms. The van der Waals surface area contributed by atoms with E-state index in [-0.39, 0.29) is 11.1 Å². The second kappa shape index (κ2) is 6.66. The monoisotopic (exact) mass is 374 g/mol. The quantitative estimate of drug-likeness (QED) is 0.690. The van der Waals surface area contributed by atoms with Gasteiger partial charge in [-0.1, -0.05) is 11.6 Å². The smallest absolute Gasteiger partial charge is 0.274 e. The molecule has 3 heterocycles. The molecule has 2 aromatic heterocycles. The number of hydrogen-bond donors (Lipinski definition) is 0. The van der Waals surface area contributed by atoms with Crippen molar-refractivity contribution in [3.05, 3.63) is 51.7 Å². The fourth-order valence-corrected chi connectivity index (χ4v) is 3.22. The van der Waals surface area contributed by atoms with Crippen LogP contribution in [0.2, 0.25) is 5.02 Å². The second-order valence-corrected chi connectivity index (χ2v) is 6.52. The highest BCUT2D eigenvalue weighted by atomic mass is 35.5. The van der Waals surface area contributed by atoms with Crippen molar-refractivity contribution < 1.29 is 9.13 Å². The molecular weight excluding hydrogens is 359 g/mol. The van der Waals surface area contributed by atoms with Crippen LogP contribution in [0.25, 0.3) is 22.0 Å². The van der Waals surface area contributed by atoms with E-state index < -0.39 is 5.82 Å². The van der Waals surface area contributed by atoms with Gasteiger partial charge in [-0.3, -0.25) is 4.79 Å². The Hall–Kier alpha value is -2.51. The van der Waals surface area contributed by atoms with Gasteiger partial charge in [-0.15, -0.1) is 0 Å². The van der Waals surface area contributed by atoms with Crippen molar-refractivity contribution in [3.63, 3.8) is 0 Å². The van der Waals surface area contributed by atoms with Crippen LogP contribution < -0.4 is 10.5 Å². The molecule has 0 amide bonds. The van der Waals surface area contributed by atoms with Crippen molar-refractivity contribution in [1.29, 1.82) is 0 Å². The Kier molecular flexibility index (Phi) is 4.34. The summed E-state index contributed by atoms with van der Waals surface area (Å²) in [5.41, 5.74) is 0.406. The minimum absolute atomic E-state index is 0.255. The molecule has 8 heteroatoms. The van der Waals surface area contributed by atoms with E-state index in [1.54, 1.807) is 25.2 Å². The van der Waals surface area contributed by atoms with Gasteiger partial charge in [-0.2, -0.15) is 5.10 Å². The van der Waals surface area contributed by atoms with E-state index in [0.29, 0.717) is 53.6 Å². The van der Waals surface area contributed by atoms with E-state index in [9.17, 15) is 9.18 Å². The van der Waals surface area contributed by atoms with E-state index in [1.807, 2.05) is 4.90 Å². The Balaban J connectivity index is 2.00. The fourth-order valence-electron chi connectivity index (χ4n) is 3.06. The van der Waals surface area contributed by atoms with Gasteiger partial charge in [-0.05, 0) is 24.3 Å². The number of aryl methyl sites for hydroxylation is 1. The van der Waals surface area contributed by atoms with Gasteiger partial charge in [-0.25, -0.2) is 14.1 Å². The van der Waals surface area contributed by atoms with Crippen molar-refractivity contribution in [2.45, 2.75) is 0 Å². The maximum absolute atomic E-state index is 14.6. The number of rotatable bonds is 2. The maximum Gasteiger partial charge on any atom is 0.274 e. The SMILES string of the molecule is Cn1ncc2c(-c3ccc(Cl)cc3F)nc(N3CCOCC3)cc2c1=O. The average molecular weight is 375 g/mol. The summed E-state index contributed by atoms with van der Waals surface area (Å²) in [6.45, 7) is 2.48. The number of benzene rings is 1. The summed E-state index contributed by atoms with van der Waals surface area (Å²) in [5.74, 6) is 0.125. The zero-order chi connectivity index (χ0) is 18.3. The Morgan fingerprint density at radius 1 is 1.19 bits per heavy atom. The number of pyridine rings is 1. The number of fused-ring (bicyclic) bond motifs is 1. The van der Waals surface area contributed by atoms with Crippen molar-refractivity contribution in [2.75, 3.05) is 31.2 Å². The van der Waals surface area contributed by atoms with Crippen LogP contribution >= 0.6 is 11.6 Å². The summed E-state index contributed by atoms with van der Waals surface area (Å²) in [4.78, 5) is 19.3. The largest absolute Gasteiger partial charge is 0.378 e. The summed E-state index contributed by atoms with van der Waals surface area (Å²) in [7, 11) is 1.58. The molecule has 1 fully saturated rings. The number of hydrogen-bond acceptors (Lipinski definition) is 5. The van der Waals surface area contributed by atoms with Crippen LogP contribution in [0.5, 0.6) is 0 Å². The Morgan fingerprint density at radius 3 is 2.69 bits per heavy atom. The average Bonchev–Trinajstić information content (AvgIpc) is 2.65. The predicted molar refractivity (Wildman–Crippen MR) is 98.2 cm³/mol. The van der Waals surface area contributed by atoms with E-state index in [4.69, 9.17) is 16.3 Å². The first-order valence-corrected chi connectivity index (χ1v) is 8.57. The molecule has 0 saturated carbocycles. The van der Waals surface area contributed by atoms with Gasteiger partial charge < -0.3 is 9.64 Å². The molecule has 0 atom stereocenters. The summed E-state index contributed by atoms with van der Waals surface area (Å²) in [5, 5.41) is 5.32. The topological polar surface area (TPSA) is 60.3 Å². The fraction of sp³-hybridized carbons (Fsp3) is 0.278. The Morgan fingerprint density at radius 2 is 1.96 bits per heavy atom. The molecule has 0 bridgehead atoms. The van der Waals surface area contributed by atoms with Crippen LogP contribution in [0.3, 0.4) is 0 Å². The summed E-state index contributed by atoms with van der Waals surface area (Å²) in [6, 6.07) is 6.14. The Labute approximate surface area is 153 Å². The molecule has 134 valence electrons. The Bertz CT molecular complexity index is 1050. The van der Waals surface area contributed by atoms with Crippen molar-refractivity contribution in [3.8, 4) is 11.3 Å². The lowest BCUT2D eigenvalue weighted by molar-refractivity contribution is 0.122. The first-order valence-electron chi connectivity index (χ1n) is 8.20. The van der Waals surface area contributed by atoms with Crippen LogP contribution in [0, 0.1) is 5.82 Å². The number of morpholine rings is 1. The molecule has 0 radical (unpaired) electrons. The molecule has 0 N–H and O–H groups in total. The highest BCUT2D eigenvalue weighted by Crippen LogP contribution is 2.31. The van der Waals surface area contributed by atoms with Crippen LogP contribution in [-0.2, 0) is 11.8 Å². The van der Waals surface area contributed by atoms with E-state index >= 15 is 0 Å². The number of halogens is 2. The zero-order valence-electron chi connectivity index (χ0n) is 14.1. The molecule has 1 aliphatic heterocycles. The third-order valence-corrected chi connectivity index (χ3v) is 4.69. The first-order chi connectivity index (χ1) is 12.5. The summed E-state index contributed by atoms with van der Waals surface area (Å²) < 4.78 is 21.2. The molecule has 3 aromatic rings. The number of nitrogens with zero attached hydrogens (tertiary/aromatic N) is 4. The summed E-state index contributed by atoms with van der Waals surface area (Å²) >= 11 is 5.87. The standard InChI is InChI=1S/C18H16ClFN4O2/c1-23-18(25)13-9-16(24-4-6-26-7-5-24)22-17(14(13)10-21-23)12-3-2-11(19)8-15(12)20/h2-3,8-10H,4-7H2,1H3. The van der Waals surface area contributed by atoms with Gasteiger partial charge in [0.1, 0.15) is 11.6 Å². The normalized spacial score (nSPS) is 14.8. The van der Waals surface area contributed by atoms with E-state index in [2.05, 4.69) is 10.1 Å². The highest BCUT2D eigenvalue weighted by molar-refractivity contribution is 6.30. The van der Waals surface area contributed by atoms with Gasteiger partial charge in [0.2, 0.25) is 0 Å². The molecule has 1 aliphatic rings. The van der Waals surface area contributed by atoms with Crippen LogP contribution in [0.1, 0.15) is 0 Å². The van der Waals surface area contributed by atoms with Gasteiger partial charge in [0.05, 0.1) is 30.5 Å². The van der Waals surface area contributed by atoms with Crippen molar-refractivity contribution >= 4 is 28.2 Å². The minimum Gasteiger partial charge on any atom is -0.378 e. The molecule has 0 unspecified atom stereocenters. The third kappa shape index (κ3) is 2.93. The van der Waals surface area contributed by atoms with Crippen molar-refractivity contribution in [2.24, 2.45) is 7.05 Å². The lowest BCUT2D eigenvalue weighted by Gasteiger charge is -2.28. The van der Waals surface area contributed by atoms with E-state index in [0.717, 1.165) is 0 Å². The first kappa shape index (κ1) is 16.9. The van der Waals surface area contributed by atoms with Gasteiger partial charge in [0, 0.05) is 36.1 Å². The predicted octanol–water partition coefficient (Wildman–Crippen LogP) is 2.62. The minimum atomic E-state index is -0.494. The van der Waals surface area contributed by atoms with Gasteiger partial charge in [0.15, 0.2) is 0 Å². The summed E-state index contributed by atoms with van der Waals surface area (Å²) in [6.07, 6.45) is 1.54. The number of anilines is 1. The van der Waals surface area contributed by atoms with Crippen LogP contribution in [-0.4, -0.2) is 41.1 Å². The molecule has 1 aromatic carbocycles.